The van der Waals surface area contributed by atoms with Crippen LogP contribution in [0, 0.1) is 25.1 Å². The normalized spacial score (nSPS) is 16.3. The average Bonchev–Trinajstić information content (AvgIpc) is 3.51. The number of carboxylic acids is 1. The summed E-state index contributed by atoms with van der Waals surface area (Å²) in [5.74, 6) is -0.558. The van der Waals surface area contributed by atoms with Gasteiger partial charge < -0.3 is 14.7 Å². The first-order valence-corrected chi connectivity index (χ1v) is 14.8. The standard InChI is InChI=1S/C31H38FN5O3S/c1-18-14-20(8-9-22(18)32)15-21-17-33-27(41-21)23-16-24-34-19(2)25(26(29(38)39)40-30(3,4)5)28(37(24)35-23)36-12-10-31(6,7)11-13-36/h8-9,14,16-17,26H,10-13,15H2,1-7H3,(H,38,39)/t26-/m0/s1. The number of aromatic nitrogens is 4. The molecule has 10 heteroatoms. The number of thiazole rings is 1. The summed E-state index contributed by atoms with van der Waals surface area (Å²) in [6, 6.07) is 7.06. The molecule has 1 fully saturated rings. The van der Waals surface area contributed by atoms with E-state index in [9.17, 15) is 14.3 Å². The molecular formula is C31H38FN5O3S. The summed E-state index contributed by atoms with van der Waals surface area (Å²) in [7, 11) is 0. The lowest BCUT2D eigenvalue weighted by molar-refractivity contribution is -0.160. The highest BCUT2D eigenvalue weighted by Gasteiger charge is 2.36. The second kappa shape index (κ2) is 10.8. The van der Waals surface area contributed by atoms with Crippen molar-refractivity contribution < 1.29 is 19.0 Å². The van der Waals surface area contributed by atoms with Crippen LogP contribution < -0.4 is 4.90 Å². The van der Waals surface area contributed by atoms with Crippen molar-refractivity contribution in [1.82, 2.24) is 19.6 Å². The molecule has 1 aromatic carbocycles. The number of halogens is 1. The second-order valence-corrected chi connectivity index (χ2v) is 13.8. The number of rotatable bonds is 7. The molecule has 1 aliphatic heterocycles. The van der Waals surface area contributed by atoms with E-state index < -0.39 is 17.7 Å². The highest BCUT2D eigenvalue weighted by molar-refractivity contribution is 7.15. The fourth-order valence-corrected chi connectivity index (χ4v) is 6.17. The predicted octanol–water partition coefficient (Wildman–Crippen LogP) is 6.77. The largest absolute Gasteiger partial charge is 0.479 e. The number of ether oxygens (including phenoxy) is 1. The number of nitrogens with zero attached hydrogens (tertiary/aromatic N) is 5. The number of hydrogen-bond acceptors (Lipinski definition) is 7. The van der Waals surface area contributed by atoms with Gasteiger partial charge in [-0.2, -0.15) is 9.61 Å². The molecule has 4 heterocycles. The summed E-state index contributed by atoms with van der Waals surface area (Å²) in [5, 5.41) is 16.0. The zero-order chi connectivity index (χ0) is 29.7. The molecule has 0 amide bonds. The predicted molar refractivity (Wildman–Crippen MR) is 159 cm³/mol. The van der Waals surface area contributed by atoms with E-state index in [-0.39, 0.29) is 11.2 Å². The molecule has 0 saturated carbocycles. The van der Waals surface area contributed by atoms with Crippen LogP contribution >= 0.6 is 11.3 Å². The van der Waals surface area contributed by atoms with Gasteiger partial charge in [0.1, 0.15) is 22.3 Å². The minimum absolute atomic E-state index is 0.210. The van der Waals surface area contributed by atoms with Gasteiger partial charge in [-0.25, -0.2) is 19.2 Å². The number of piperidine rings is 1. The maximum Gasteiger partial charge on any atom is 0.337 e. The van der Waals surface area contributed by atoms with Gasteiger partial charge in [-0.15, -0.1) is 11.3 Å². The van der Waals surface area contributed by atoms with E-state index in [1.54, 1.807) is 17.5 Å². The van der Waals surface area contributed by atoms with Crippen LogP contribution in [0.1, 0.15) is 80.8 Å². The fourth-order valence-electron chi connectivity index (χ4n) is 5.27. The fraction of sp³-hybridized carbons (Fsp3) is 0.484. The number of aliphatic carboxylic acids is 1. The third-order valence-electron chi connectivity index (χ3n) is 7.55. The van der Waals surface area contributed by atoms with Gasteiger partial charge in [0.15, 0.2) is 11.8 Å². The first kappa shape index (κ1) is 29.1. The molecule has 1 N–H and O–H groups in total. The number of carbonyl (C=O) groups is 1. The summed E-state index contributed by atoms with van der Waals surface area (Å²) < 4.78 is 21.6. The Morgan fingerprint density at radius 2 is 1.90 bits per heavy atom. The first-order valence-electron chi connectivity index (χ1n) is 14.0. The topological polar surface area (TPSA) is 92.8 Å². The van der Waals surface area contributed by atoms with Crippen LogP contribution in [-0.4, -0.2) is 49.3 Å². The zero-order valence-corrected chi connectivity index (χ0v) is 25.6. The summed E-state index contributed by atoms with van der Waals surface area (Å²) in [6.45, 7) is 15.2. The van der Waals surface area contributed by atoms with Crippen molar-refractivity contribution >= 4 is 28.8 Å². The van der Waals surface area contributed by atoms with Crippen LogP contribution in [-0.2, 0) is 16.0 Å². The summed E-state index contributed by atoms with van der Waals surface area (Å²) >= 11 is 1.53. The van der Waals surface area contributed by atoms with E-state index in [0.717, 1.165) is 41.4 Å². The van der Waals surface area contributed by atoms with Crippen LogP contribution in [0.25, 0.3) is 16.3 Å². The number of carboxylic acid groups (broad SMARTS) is 1. The van der Waals surface area contributed by atoms with Crippen molar-refractivity contribution in [3.63, 3.8) is 0 Å². The van der Waals surface area contributed by atoms with Crippen molar-refractivity contribution in [3.05, 3.63) is 63.5 Å². The van der Waals surface area contributed by atoms with Gasteiger partial charge >= 0.3 is 5.97 Å². The molecule has 1 atom stereocenters. The van der Waals surface area contributed by atoms with E-state index >= 15 is 0 Å². The van der Waals surface area contributed by atoms with Gasteiger partial charge in [0.25, 0.3) is 0 Å². The van der Waals surface area contributed by atoms with Crippen LogP contribution in [0.15, 0.2) is 30.5 Å². The third kappa shape index (κ3) is 6.28. The van der Waals surface area contributed by atoms with Crippen LogP contribution in [0.3, 0.4) is 0 Å². The van der Waals surface area contributed by atoms with Gasteiger partial charge in [-0.1, -0.05) is 26.0 Å². The highest BCUT2D eigenvalue weighted by atomic mass is 32.1. The quantitative estimate of drug-likeness (QED) is 0.258. The van der Waals surface area contributed by atoms with E-state index in [1.165, 1.54) is 17.4 Å². The molecule has 4 aromatic rings. The van der Waals surface area contributed by atoms with Crippen LogP contribution in [0.2, 0.25) is 0 Å². The van der Waals surface area contributed by atoms with Crippen molar-refractivity contribution in [3.8, 4) is 10.7 Å². The van der Waals surface area contributed by atoms with Gasteiger partial charge in [0, 0.05) is 42.3 Å². The molecular weight excluding hydrogens is 541 g/mol. The molecule has 3 aromatic heterocycles. The molecule has 8 nitrogen and oxygen atoms in total. The maximum atomic E-state index is 13.7. The third-order valence-corrected chi connectivity index (χ3v) is 8.57. The minimum Gasteiger partial charge on any atom is -0.479 e. The van der Waals surface area contributed by atoms with Gasteiger partial charge in [-0.05, 0) is 70.1 Å². The van der Waals surface area contributed by atoms with Crippen LogP contribution in [0.4, 0.5) is 10.2 Å². The van der Waals surface area contributed by atoms with Gasteiger partial charge in [0.05, 0.1) is 11.2 Å². The Hall–Kier alpha value is -3.37. The zero-order valence-electron chi connectivity index (χ0n) is 24.8. The van der Waals surface area contributed by atoms with Crippen molar-refractivity contribution in [1.29, 1.82) is 0 Å². The molecule has 218 valence electrons. The van der Waals surface area contributed by atoms with Gasteiger partial charge in [0.2, 0.25) is 0 Å². The molecule has 41 heavy (non-hydrogen) atoms. The Kier molecular flexibility index (Phi) is 7.67. The van der Waals surface area contributed by atoms with Gasteiger partial charge in [-0.3, -0.25) is 0 Å². The van der Waals surface area contributed by atoms with Crippen molar-refractivity contribution in [2.45, 2.75) is 79.4 Å². The Morgan fingerprint density at radius 3 is 2.54 bits per heavy atom. The lowest BCUT2D eigenvalue weighted by Gasteiger charge is -2.39. The molecule has 0 radical (unpaired) electrons. The summed E-state index contributed by atoms with van der Waals surface area (Å²) in [5.41, 5.74) is 3.60. The number of fused-ring (bicyclic) bond motifs is 1. The average molecular weight is 580 g/mol. The molecule has 1 aliphatic rings. The molecule has 0 unspecified atom stereocenters. The Bertz CT molecular complexity index is 1590. The minimum atomic E-state index is -1.20. The Balaban J connectivity index is 1.59. The summed E-state index contributed by atoms with van der Waals surface area (Å²) in [6.07, 6.45) is 3.22. The lowest BCUT2D eigenvalue weighted by atomic mass is 9.82. The molecule has 0 spiro atoms. The second-order valence-electron chi connectivity index (χ2n) is 12.7. The molecule has 0 aliphatic carbocycles. The first-order chi connectivity index (χ1) is 19.2. The van der Waals surface area contributed by atoms with Crippen LogP contribution in [0.5, 0.6) is 0 Å². The monoisotopic (exact) mass is 579 g/mol. The highest BCUT2D eigenvalue weighted by Crippen LogP contribution is 2.39. The van der Waals surface area contributed by atoms with Crippen molar-refractivity contribution in [2.24, 2.45) is 5.41 Å². The van der Waals surface area contributed by atoms with Crippen molar-refractivity contribution in [2.75, 3.05) is 18.0 Å². The van der Waals surface area contributed by atoms with E-state index in [1.807, 2.05) is 46.0 Å². The smallest absolute Gasteiger partial charge is 0.337 e. The van der Waals surface area contributed by atoms with E-state index in [4.69, 9.17) is 14.8 Å². The molecule has 5 rings (SSSR count). The Labute approximate surface area is 244 Å². The van der Waals surface area contributed by atoms with E-state index in [0.29, 0.717) is 40.4 Å². The number of anilines is 1. The number of aryl methyl sites for hydroxylation is 2. The molecule has 1 saturated heterocycles. The van der Waals surface area contributed by atoms with E-state index in [2.05, 4.69) is 23.7 Å². The number of benzene rings is 1. The number of hydrogen-bond donors (Lipinski definition) is 1. The Morgan fingerprint density at radius 1 is 1.20 bits per heavy atom. The SMILES string of the molecule is Cc1cc(Cc2cnc(-c3cc4nc(C)c([C@H](OC(C)(C)C)C(=O)O)c(N5CCC(C)(C)CC5)n4n3)s2)ccc1F. The summed E-state index contributed by atoms with van der Waals surface area (Å²) in [4.78, 5) is 25.3. The molecule has 0 bridgehead atoms. The maximum absolute atomic E-state index is 13.7. The lowest BCUT2D eigenvalue weighted by Crippen LogP contribution is -2.40.